The van der Waals surface area contributed by atoms with Crippen LogP contribution in [-0.4, -0.2) is 39.5 Å². The highest BCUT2D eigenvalue weighted by atomic mass is 16.6. The molecule has 0 unspecified atom stereocenters. The van der Waals surface area contributed by atoms with Crippen LogP contribution in [0.2, 0.25) is 0 Å². The minimum Gasteiger partial charge on any atom is -0.480 e. The second kappa shape index (κ2) is 5.99. The maximum atomic E-state index is 11.7. The molecule has 0 saturated heterocycles. The summed E-state index contributed by atoms with van der Waals surface area (Å²) in [6.07, 6.45) is 1.50. The van der Waals surface area contributed by atoms with Gasteiger partial charge in [0.25, 0.3) is 0 Å². The van der Waals surface area contributed by atoms with Gasteiger partial charge in [0.05, 0.1) is 5.60 Å². The Morgan fingerprint density at radius 1 is 1.30 bits per heavy atom. The first kappa shape index (κ1) is 16.8. The van der Waals surface area contributed by atoms with E-state index < -0.39 is 29.3 Å². The summed E-state index contributed by atoms with van der Waals surface area (Å²) in [6.45, 7) is 6.92. The molecule has 1 rings (SSSR count). The number of carbonyl (C=O) groups is 2. The van der Waals surface area contributed by atoms with Gasteiger partial charge in [-0.25, -0.2) is 9.59 Å². The van der Waals surface area contributed by atoms with E-state index >= 15 is 0 Å². The monoisotopic (exact) mass is 287 g/mol. The lowest BCUT2D eigenvalue weighted by Crippen LogP contribution is -2.49. The molecular formula is C14H25NO5. The van der Waals surface area contributed by atoms with Crippen LogP contribution in [0.15, 0.2) is 0 Å². The molecule has 0 aromatic carbocycles. The van der Waals surface area contributed by atoms with Gasteiger partial charge in [-0.2, -0.15) is 0 Å². The van der Waals surface area contributed by atoms with Gasteiger partial charge in [-0.3, -0.25) is 0 Å². The van der Waals surface area contributed by atoms with E-state index in [2.05, 4.69) is 5.32 Å². The van der Waals surface area contributed by atoms with Crippen molar-refractivity contribution in [2.75, 3.05) is 0 Å². The van der Waals surface area contributed by atoms with Gasteiger partial charge in [0.1, 0.15) is 11.6 Å². The molecule has 0 radical (unpaired) electrons. The quantitative estimate of drug-likeness (QED) is 0.737. The van der Waals surface area contributed by atoms with E-state index in [1.54, 1.807) is 27.7 Å². The van der Waals surface area contributed by atoms with Crippen molar-refractivity contribution in [1.29, 1.82) is 0 Å². The predicted octanol–water partition coefficient (Wildman–Crippen LogP) is 1.91. The smallest absolute Gasteiger partial charge is 0.408 e. The molecule has 0 spiro atoms. The zero-order valence-electron chi connectivity index (χ0n) is 12.6. The lowest BCUT2D eigenvalue weighted by molar-refractivity contribution is -0.142. The number of carboxylic acids is 1. The normalized spacial score (nSPS) is 28.6. The average Bonchev–Trinajstić information content (AvgIpc) is 2.23. The van der Waals surface area contributed by atoms with Gasteiger partial charge in [-0.05, 0) is 59.3 Å². The fraction of sp³-hybridized carbons (Fsp3) is 0.857. The molecule has 0 aromatic heterocycles. The van der Waals surface area contributed by atoms with Gasteiger partial charge < -0.3 is 20.3 Å². The lowest BCUT2D eigenvalue weighted by atomic mass is 9.77. The van der Waals surface area contributed by atoms with Crippen LogP contribution in [0, 0.1) is 5.92 Å². The van der Waals surface area contributed by atoms with Crippen LogP contribution in [0.5, 0.6) is 0 Å². The van der Waals surface area contributed by atoms with E-state index in [0.717, 1.165) is 0 Å². The lowest BCUT2D eigenvalue weighted by Gasteiger charge is -2.35. The molecule has 0 heterocycles. The molecule has 1 aliphatic carbocycles. The number of aliphatic hydroxyl groups is 1. The van der Waals surface area contributed by atoms with Crippen molar-refractivity contribution in [2.24, 2.45) is 5.92 Å². The van der Waals surface area contributed by atoms with E-state index in [0.29, 0.717) is 25.7 Å². The average molecular weight is 287 g/mol. The standard InChI is InChI=1S/C14H25NO5/c1-13(2,3)20-12(18)15-10(11(16)17)9-5-7-14(4,19)8-6-9/h9-10,19H,5-8H2,1-4H3,(H,15,18)(H,16,17)/t9?,10-,14?/m0/s1. The van der Waals surface area contributed by atoms with E-state index in [9.17, 15) is 19.8 Å². The Kier molecular flexibility index (Phi) is 5.02. The highest BCUT2D eigenvalue weighted by Gasteiger charge is 2.37. The van der Waals surface area contributed by atoms with Crippen LogP contribution in [0.3, 0.4) is 0 Å². The number of hydrogen-bond acceptors (Lipinski definition) is 4. The number of amides is 1. The van der Waals surface area contributed by atoms with Gasteiger partial charge in [0.2, 0.25) is 0 Å². The van der Waals surface area contributed by atoms with Gasteiger partial charge in [0, 0.05) is 0 Å². The van der Waals surface area contributed by atoms with Gasteiger partial charge in [0.15, 0.2) is 0 Å². The SMILES string of the molecule is CC1(O)CCC([C@H](NC(=O)OC(C)(C)C)C(=O)O)CC1. The van der Waals surface area contributed by atoms with Gasteiger partial charge in [-0.15, -0.1) is 0 Å². The summed E-state index contributed by atoms with van der Waals surface area (Å²) < 4.78 is 5.09. The molecular weight excluding hydrogens is 262 g/mol. The van der Waals surface area contributed by atoms with E-state index in [4.69, 9.17) is 4.74 Å². The molecule has 20 heavy (non-hydrogen) atoms. The summed E-state index contributed by atoms with van der Waals surface area (Å²) in [5.74, 6) is -1.25. The highest BCUT2D eigenvalue weighted by molar-refractivity contribution is 5.80. The number of carboxylic acid groups (broad SMARTS) is 1. The third kappa shape index (κ3) is 5.36. The fourth-order valence-corrected chi connectivity index (χ4v) is 2.41. The summed E-state index contributed by atoms with van der Waals surface area (Å²) >= 11 is 0. The summed E-state index contributed by atoms with van der Waals surface area (Å²) in [4.78, 5) is 23.0. The van der Waals surface area contributed by atoms with E-state index in [-0.39, 0.29) is 5.92 Å². The van der Waals surface area contributed by atoms with Gasteiger partial charge >= 0.3 is 12.1 Å². The number of rotatable bonds is 3. The number of hydrogen-bond donors (Lipinski definition) is 3. The Hall–Kier alpha value is -1.30. The third-order valence-corrected chi connectivity index (χ3v) is 3.52. The number of carbonyl (C=O) groups excluding carboxylic acids is 1. The topological polar surface area (TPSA) is 95.9 Å². The molecule has 0 bridgehead atoms. The van der Waals surface area contributed by atoms with Crippen molar-refractivity contribution >= 4 is 12.1 Å². The minimum absolute atomic E-state index is 0.180. The first-order valence-corrected chi connectivity index (χ1v) is 6.95. The first-order valence-electron chi connectivity index (χ1n) is 6.95. The Morgan fingerprint density at radius 2 is 1.80 bits per heavy atom. The molecule has 1 amide bonds. The summed E-state index contributed by atoms with van der Waals surface area (Å²) in [6, 6.07) is -0.971. The van der Waals surface area contributed by atoms with Crippen molar-refractivity contribution < 1.29 is 24.5 Å². The van der Waals surface area contributed by atoms with Crippen molar-refractivity contribution in [3.8, 4) is 0 Å². The Balaban J connectivity index is 2.62. The molecule has 6 heteroatoms. The van der Waals surface area contributed by atoms with Crippen LogP contribution >= 0.6 is 0 Å². The van der Waals surface area contributed by atoms with Crippen LogP contribution in [-0.2, 0) is 9.53 Å². The second-order valence-corrected chi connectivity index (χ2v) is 6.80. The Bertz CT molecular complexity index is 362. The number of aliphatic carboxylic acids is 1. The first-order chi connectivity index (χ1) is 9.00. The number of alkyl carbamates (subject to hydrolysis) is 1. The zero-order valence-corrected chi connectivity index (χ0v) is 12.6. The van der Waals surface area contributed by atoms with Gasteiger partial charge in [-0.1, -0.05) is 0 Å². The number of ether oxygens (including phenoxy) is 1. The van der Waals surface area contributed by atoms with Crippen molar-refractivity contribution in [2.45, 2.75) is 70.6 Å². The zero-order chi connectivity index (χ0) is 15.6. The van der Waals surface area contributed by atoms with E-state index in [1.807, 2.05) is 0 Å². The largest absolute Gasteiger partial charge is 0.480 e. The maximum Gasteiger partial charge on any atom is 0.408 e. The molecule has 3 N–H and O–H groups in total. The fourth-order valence-electron chi connectivity index (χ4n) is 2.41. The summed E-state index contributed by atoms with van der Waals surface area (Å²) in [7, 11) is 0. The van der Waals surface area contributed by atoms with Crippen LogP contribution in [0.1, 0.15) is 53.4 Å². The summed E-state index contributed by atoms with van der Waals surface area (Å²) in [5, 5.41) is 21.6. The Morgan fingerprint density at radius 3 is 2.20 bits per heavy atom. The minimum atomic E-state index is -1.07. The summed E-state index contributed by atoms with van der Waals surface area (Å²) in [5.41, 5.74) is -1.39. The third-order valence-electron chi connectivity index (χ3n) is 3.52. The molecule has 1 atom stereocenters. The molecule has 0 aliphatic heterocycles. The molecule has 6 nitrogen and oxygen atoms in total. The molecule has 0 aromatic rings. The van der Waals surface area contributed by atoms with Crippen molar-refractivity contribution in [1.82, 2.24) is 5.32 Å². The van der Waals surface area contributed by atoms with Crippen LogP contribution < -0.4 is 5.32 Å². The Labute approximate surface area is 119 Å². The van der Waals surface area contributed by atoms with Crippen molar-refractivity contribution in [3.63, 3.8) is 0 Å². The molecule has 116 valence electrons. The van der Waals surface area contributed by atoms with E-state index in [1.165, 1.54) is 0 Å². The predicted molar refractivity (Wildman–Crippen MR) is 73.4 cm³/mol. The molecule has 1 aliphatic rings. The van der Waals surface area contributed by atoms with Crippen LogP contribution in [0.4, 0.5) is 4.79 Å². The maximum absolute atomic E-state index is 11.7. The highest BCUT2D eigenvalue weighted by Crippen LogP contribution is 2.33. The number of nitrogens with one attached hydrogen (secondary N) is 1. The van der Waals surface area contributed by atoms with Crippen LogP contribution in [0.25, 0.3) is 0 Å². The molecule has 1 fully saturated rings. The van der Waals surface area contributed by atoms with Crippen molar-refractivity contribution in [3.05, 3.63) is 0 Å². The molecule has 1 saturated carbocycles. The second-order valence-electron chi connectivity index (χ2n) is 6.80.